The monoisotopic (exact) mass is 226 g/mol. The average Bonchev–Trinajstić information content (AvgIpc) is 2.46. The summed E-state index contributed by atoms with van der Waals surface area (Å²) >= 11 is 0. The summed E-state index contributed by atoms with van der Waals surface area (Å²) in [6, 6.07) is 0. The van der Waals surface area contributed by atoms with Gasteiger partial charge in [-0.3, -0.25) is 4.48 Å². The minimum Gasteiger partial charge on any atom is -0.418 e. The summed E-state index contributed by atoms with van der Waals surface area (Å²) in [4.78, 5) is 4.06. The Morgan fingerprint density at radius 2 is 1.80 bits per heavy atom. The third-order valence-corrected chi connectivity index (χ3v) is 1.82. The van der Waals surface area contributed by atoms with Gasteiger partial charge >= 0.3 is 7.25 Å². The van der Waals surface area contributed by atoms with Crippen molar-refractivity contribution < 1.29 is 21.7 Å². The van der Waals surface area contributed by atoms with Gasteiger partial charge in [-0.05, 0) is 6.42 Å². The molecule has 1 aliphatic heterocycles. The van der Waals surface area contributed by atoms with Crippen molar-refractivity contribution in [2.75, 3.05) is 13.6 Å². The van der Waals surface area contributed by atoms with Crippen LogP contribution in [0.15, 0.2) is 17.4 Å². The smallest absolute Gasteiger partial charge is 0.418 e. The van der Waals surface area contributed by atoms with Crippen LogP contribution in [0.25, 0.3) is 0 Å². The number of rotatable bonds is 3. The molecule has 0 radical (unpaired) electrons. The number of nitrogens with zero attached hydrogens (tertiary/aromatic N) is 2. The summed E-state index contributed by atoms with van der Waals surface area (Å²) in [7, 11) is -3.83. The van der Waals surface area contributed by atoms with Crippen molar-refractivity contribution in [3.63, 3.8) is 0 Å². The Hall–Kier alpha value is -0.845. The standard InChI is InChI=1S/C8H15N2.BF4/c1-3-4-6-10(2)7-5-9-8-10;2-1(3,4)5/h5,7-8H,3-4,6H2,1-2H3;/q+1;-1. The lowest BCUT2D eigenvalue weighted by Gasteiger charge is -2.20. The second-order valence-electron chi connectivity index (χ2n) is 3.48. The fourth-order valence-corrected chi connectivity index (χ4v) is 1.05. The van der Waals surface area contributed by atoms with E-state index in [9.17, 15) is 17.3 Å². The van der Waals surface area contributed by atoms with Crippen LogP contribution >= 0.6 is 0 Å². The van der Waals surface area contributed by atoms with Crippen LogP contribution in [-0.4, -0.2) is 31.7 Å². The number of halogens is 4. The molecule has 1 heterocycles. The molecule has 1 atom stereocenters. The number of hydrogen-bond donors (Lipinski definition) is 0. The summed E-state index contributed by atoms with van der Waals surface area (Å²) in [5.74, 6) is 0. The van der Waals surface area contributed by atoms with Crippen molar-refractivity contribution in [2.24, 2.45) is 4.99 Å². The fraction of sp³-hybridized carbons (Fsp3) is 0.625. The minimum atomic E-state index is -6.00. The highest BCUT2D eigenvalue weighted by Gasteiger charge is 2.20. The summed E-state index contributed by atoms with van der Waals surface area (Å²) in [6.07, 6.45) is 8.50. The molecule has 0 aliphatic carbocycles. The number of hydrogen-bond acceptors (Lipinski definition) is 1. The van der Waals surface area contributed by atoms with Crippen LogP contribution in [0.1, 0.15) is 19.8 Å². The van der Waals surface area contributed by atoms with Gasteiger partial charge in [0.2, 0.25) is 0 Å². The highest BCUT2D eigenvalue weighted by molar-refractivity contribution is 6.50. The second-order valence-corrected chi connectivity index (χ2v) is 3.48. The highest BCUT2D eigenvalue weighted by Crippen LogP contribution is 2.08. The molecule has 0 amide bonds. The van der Waals surface area contributed by atoms with E-state index in [0.29, 0.717) is 0 Å². The molecule has 0 spiro atoms. The van der Waals surface area contributed by atoms with Crippen LogP contribution in [0.3, 0.4) is 0 Å². The van der Waals surface area contributed by atoms with Gasteiger partial charge in [0.15, 0.2) is 6.34 Å². The Morgan fingerprint density at radius 1 is 1.27 bits per heavy atom. The van der Waals surface area contributed by atoms with Gasteiger partial charge in [0.25, 0.3) is 0 Å². The molecule has 1 rings (SSSR count). The largest absolute Gasteiger partial charge is 0.673 e. The molecule has 0 aromatic rings. The lowest BCUT2D eigenvalue weighted by Crippen LogP contribution is -2.35. The first-order chi connectivity index (χ1) is 6.77. The van der Waals surface area contributed by atoms with Gasteiger partial charge in [0.05, 0.1) is 19.8 Å². The fourth-order valence-electron chi connectivity index (χ4n) is 1.05. The van der Waals surface area contributed by atoms with Gasteiger partial charge in [-0.15, -0.1) is 0 Å². The lowest BCUT2D eigenvalue weighted by atomic mass is 10.3. The molecule has 0 N–H and O–H groups in total. The molecule has 0 aromatic heterocycles. The average molecular weight is 226 g/mol. The van der Waals surface area contributed by atoms with Gasteiger partial charge in [-0.1, -0.05) is 13.3 Å². The van der Waals surface area contributed by atoms with Crippen molar-refractivity contribution in [1.29, 1.82) is 0 Å². The van der Waals surface area contributed by atoms with Crippen LogP contribution in [-0.2, 0) is 0 Å². The zero-order valence-electron chi connectivity index (χ0n) is 8.84. The van der Waals surface area contributed by atoms with Gasteiger partial charge in [0.1, 0.15) is 6.20 Å². The zero-order chi connectivity index (χ0) is 11.9. The number of unbranched alkanes of at least 4 members (excludes halogenated alkanes) is 1. The van der Waals surface area contributed by atoms with E-state index in [1.54, 1.807) is 0 Å². The van der Waals surface area contributed by atoms with Crippen LogP contribution in [0.4, 0.5) is 17.3 Å². The van der Waals surface area contributed by atoms with E-state index in [2.05, 4.69) is 25.2 Å². The van der Waals surface area contributed by atoms with E-state index in [4.69, 9.17) is 0 Å². The normalized spacial score (nSPS) is 23.9. The Bertz CT molecular complexity index is 219. The predicted molar refractivity (Wildman–Crippen MR) is 53.8 cm³/mol. The van der Waals surface area contributed by atoms with Gasteiger partial charge in [-0.2, -0.15) is 0 Å². The van der Waals surface area contributed by atoms with Gasteiger partial charge < -0.3 is 17.3 Å². The first kappa shape index (κ1) is 14.2. The quantitative estimate of drug-likeness (QED) is 0.398. The van der Waals surface area contributed by atoms with E-state index in [0.717, 1.165) is 4.48 Å². The van der Waals surface area contributed by atoms with E-state index in [1.807, 2.05) is 12.5 Å². The number of quaternary nitrogens is 1. The van der Waals surface area contributed by atoms with E-state index in [-0.39, 0.29) is 0 Å². The third kappa shape index (κ3) is 9.46. The Balaban J connectivity index is 0.000000336. The van der Waals surface area contributed by atoms with Crippen molar-refractivity contribution in [3.05, 3.63) is 12.4 Å². The SMILES string of the molecule is CCCC[N+]1(C)C=CN=C1.F[B-](F)(F)F. The summed E-state index contributed by atoms with van der Waals surface area (Å²) < 4.78 is 39.9. The molecule has 7 heteroatoms. The van der Waals surface area contributed by atoms with Crippen LogP contribution in [0.5, 0.6) is 0 Å². The minimum absolute atomic E-state index is 0.883. The van der Waals surface area contributed by atoms with Crippen LogP contribution in [0, 0.1) is 0 Å². The molecule has 0 bridgehead atoms. The van der Waals surface area contributed by atoms with Crippen molar-refractivity contribution in [1.82, 2.24) is 0 Å². The predicted octanol–water partition coefficient (Wildman–Crippen LogP) is 3.05. The third-order valence-electron chi connectivity index (χ3n) is 1.82. The molecule has 1 unspecified atom stereocenters. The molecule has 0 aromatic carbocycles. The Labute approximate surface area is 87.0 Å². The van der Waals surface area contributed by atoms with Crippen molar-refractivity contribution >= 4 is 13.6 Å². The van der Waals surface area contributed by atoms with Crippen molar-refractivity contribution in [3.8, 4) is 0 Å². The Kier molecular flexibility index (Phi) is 5.56. The maximum absolute atomic E-state index is 9.75. The molecule has 0 fully saturated rings. The maximum atomic E-state index is 9.75. The molecule has 2 nitrogen and oxygen atoms in total. The first-order valence-corrected chi connectivity index (χ1v) is 4.71. The van der Waals surface area contributed by atoms with Crippen LogP contribution < -0.4 is 0 Å². The molecular formula is C8H15BF4N2. The zero-order valence-corrected chi connectivity index (χ0v) is 8.84. The van der Waals surface area contributed by atoms with Crippen LogP contribution in [0.2, 0.25) is 0 Å². The molecule has 88 valence electrons. The highest BCUT2D eigenvalue weighted by atomic mass is 19.5. The molecule has 0 saturated carbocycles. The van der Waals surface area contributed by atoms with Gasteiger partial charge in [0, 0.05) is 0 Å². The molecule has 15 heavy (non-hydrogen) atoms. The van der Waals surface area contributed by atoms with E-state index < -0.39 is 7.25 Å². The topological polar surface area (TPSA) is 12.4 Å². The summed E-state index contributed by atoms with van der Waals surface area (Å²) in [5.41, 5.74) is 0. The first-order valence-electron chi connectivity index (χ1n) is 4.71. The summed E-state index contributed by atoms with van der Waals surface area (Å²) in [5, 5.41) is 0. The van der Waals surface area contributed by atoms with E-state index in [1.165, 1.54) is 19.4 Å². The second kappa shape index (κ2) is 5.90. The van der Waals surface area contributed by atoms with Crippen molar-refractivity contribution in [2.45, 2.75) is 19.8 Å². The van der Waals surface area contributed by atoms with E-state index >= 15 is 0 Å². The lowest BCUT2D eigenvalue weighted by molar-refractivity contribution is -0.756. The number of aliphatic imine (C=N–C) groups is 1. The maximum Gasteiger partial charge on any atom is 0.673 e. The molecular weight excluding hydrogens is 211 g/mol. The Morgan fingerprint density at radius 3 is 2.13 bits per heavy atom. The molecule has 1 aliphatic rings. The summed E-state index contributed by atoms with van der Waals surface area (Å²) in [6.45, 7) is 3.39. The molecule has 0 saturated heterocycles. The van der Waals surface area contributed by atoms with Gasteiger partial charge in [-0.25, -0.2) is 4.99 Å².